The number of hydrogen-bond acceptors (Lipinski definition) is 9. The van der Waals surface area contributed by atoms with Crippen LogP contribution in [0.5, 0.6) is 11.5 Å². The van der Waals surface area contributed by atoms with Crippen molar-refractivity contribution in [2.24, 2.45) is 0 Å². The first-order valence-electron chi connectivity index (χ1n) is 9.37. The largest absolute Gasteiger partial charge is 0.451 e. The highest BCUT2D eigenvalue weighted by molar-refractivity contribution is 5.86. The van der Waals surface area contributed by atoms with Gasteiger partial charge in [0, 0.05) is 0 Å². The van der Waals surface area contributed by atoms with Gasteiger partial charge < -0.3 is 24.1 Å². The molecule has 9 nitrogen and oxygen atoms in total. The van der Waals surface area contributed by atoms with Crippen LogP contribution < -0.4 is 9.47 Å². The molecule has 3 unspecified atom stereocenters. The van der Waals surface area contributed by atoms with Crippen LogP contribution in [-0.2, 0) is 28.7 Å². The molecule has 1 N–H and O–H groups in total. The van der Waals surface area contributed by atoms with Crippen LogP contribution in [0.1, 0.15) is 20.3 Å². The number of benzene rings is 2. The SMILES string of the molecule is CC(OC(=O)CC(O)C(=O)OC(C)C(=O)Oc1ccccc1)C(=O)Oc1ccccc1. The molecule has 31 heavy (non-hydrogen) atoms. The Bertz CT molecular complexity index is 896. The van der Waals surface area contributed by atoms with E-state index in [0.29, 0.717) is 0 Å². The summed E-state index contributed by atoms with van der Waals surface area (Å²) < 4.78 is 19.7. The minimum atomic E-state index is -1.89. The lowest BCUT2D eigenvalue weighted by atomic mass is 10.2. The van der Waals surface area contributed by atoms with Gasteiger partial charge in [0.25, 0.3) is 0 Å². The van der Waals surface area contributed by atoms with E-state index in [4.69, 9.17) is 18.9 Å². The Morgan fingerprint density at radius 2 is 1.13 bits per heavy atom. The van der Waals surface area contributed by atoms with Gasteiger partial charge in [0.1, 0.15) is 11.5 Å². The molecule has 0 saturated heterocycles. The van der Waals surface area contributed by atoms with Gasteiger partial charge >= 0.3 is 23.9 Å². The fourth-order valence-corrected chi connectivity index (χ4v) is 2.21. The van der Waals surface area contributed by atoms with Gasteiger partial charge in [0.2, 0.25) is 0 Å². The molecule has 0 aliphatic carbocycles. The molecule has 2 rings (SSSR count). The fourth-order valence-electron chi connectivity index (χ4n) is 2.21. The Labute approximate surface area is 178 Å². The molecule has 0 amide bonds. The normalized spacial score (nSPS) is 13.3. The van der Waals surface area contributed by atoms with E-state index in [9.17, 15) is 24.3 Å². The molecule has 0 bridgehead atoms. The molecule has 9 heteroatoms. The third kappa shape index (κ3) is 7.90. The monoisotopic (exact) mass is 430 g/mol. The standard InChI is InChI=1S/C22H22O9/c1-14(20(25)30-16-9-5-3-6-10-16)28-19(24)13-18(23)22(27)29-15(2)21(26)31-17-11-7-4-8-12-17/h3-12,14-15,18,23H,13H2,1-2H3. The number of rotatable bonds is 9. The van der Waals surface area contributed by atoms with Gasteiger partial charge in [0.15, 0.2) is 18.3 Å². The Morgan fingerprint density at radius 1 is 0.710 bits per heavy atom. The minimum Gasteiger partial charge on any atom is -0.451 e. The Morgan fingerprint density at radius 3 is 1.58 bits per heavy atom. The zero-order chi connectivity index (χ0) is 22.8. The van der Waals surface area contributed by atoms with Gasteiger partial charge in [0.05, 0.1) is 6.42 Å². The average Bonchev–Trinajstić information content (AvgIpc) is 2.74. The Hall–Kier alpha value is -3.72. The van der Waals surface area contributed by atoms with Gasteiger partial charge in [-0.2, -0.15) is 0 Å². The lowest BCUT2D eigenvalue weighted by Crippen LogP contribution is -2.35. The molecule has 0 saturated carbocycles. The van der Waals surface area contributed by atoms with Crippen LogP contribution in [0, 0.1) is 0 Å². The highest BCUT2D eigenvalue weighted by atomic mass is 16.6. The summed E-state index contributed by atoms with van der Waals surface area (Å²) in [5.41, 5.74) is 0. The second-order valence-corrected chi connectivity index (χ2v) is 6.40. The molecule has 0 fully saturated rings. The quantitative estimate of drug-likeness (QED) is 0.468. The van der Waals surface area contributed by atoms with Crippen molar-refractivity contribution in [2.75, 3.05) is 0 Å². The summed E-state index contributed by atoms with van der Waals surface area (Å²) in [4.78, 5) is 47.7. The second kappa shape index (κ2) is 11.5. The topological polar surface area (TPSA) is 125 Å². The second-order valence-electron chi connectivity index (χ2n) is 6.40. The smallest absolute Gasteiger partial charge is 0.352 e. The molecule has 0 radical (unpaired) electrons. The summed E-state index contributed by atoms with van der Waals surface area (Å²) in [5.74, 6) is -3.39. The first-order valence-corrected chi connectivity index (χ1v) is 9.37. The Balaban J connectivity index is 1.77. The number of hydrogen-bond donors (Lipinski definition) is 1. The predicted molar refractivity (Wildman–Crippen MR) is 106 cm³/mol. The van der Waals surface area contributed by atoms with Crippen LogP contribution in [0.15, 0.2) is 60.7 Å². The molecule has 0 aliphatic rings. The van der Waals surface area contributed by atoms with Crippen LogP contribution in [0.2, 0.25) is 0 Å². The highest BCUT2D eigenvalue weighted by Crippen LogP contribution is 2.12. The van der Waals surface area contributed by atoms with Crippen molar-refractivity contribution in [3.8, 4) is 11.5 Å². The van der Waals surface area contributed by atoms with Crippen LogP contribution in [-0.4, -0.2) is 47.3 Å². The van der Waals surface area contributed by atoms with Crippen LogP contribution in [0.3, 0.4) is 0 Å². The van der Waals surface area contributed by atoms with Gasteiger partial charge in [-0.15, -0.1) is 0 Å². The van der Waals surface area contributed by atoms with Crippen LogP contribution in [0.25, 0.3) is 0 Å². The number of aliphatic hydroxyl groups excluding tert-OH is 1. The number of carbonyl (C=O) groups excluding carboxylic acids is 4. The van der Waals surface area contributed by atoms with Crippen LogP contribution in [0.4, 0.5) is 0 Å². The third-order valence-corrected chi connectivity index (χ3v) is 3.82. The predicted octanol–water partition coefficient (Wildman–Crippen LogP) is 1.81. The molecule has 3 atom stereocenters. The van der Waals surface area contributed by atoms with Crippen molar-refractivity contribution >= 4 is 23.9 Å². The number of ether oxygens (including phenoxy) is 4. The van der Waals surface area contributed by atoms with Gasteiger partial charge in [-0.05, 0) is 38.1 Å². The maximum absolute atomic E-state index is 11.9. The summed E-state index contributed by atoms with van der Waals surface area (Å²) in [6.07, 6.45) is -5.26. The van der Waals surface area contributed by atoms with Gasteiger partial charge in [-0.1, -0.05) is 36.4 Å². The zero-order valence-electron chi connectivity index (χ0n) is 16.9. The lowest BCUT2D eigenvalue weighted by Gasteiger charge is -2.16. The molecular formula is C22H22O9. The summed E-state index contributed by atoms with van der Waals surface area (Å²) in [5, 5.41) is 9.85. The van der Waals surface area contributed by atoms with Crippen LogP contribution >= 0.6 is 0 Å². The maximum Gasteiger partial charge on any atom is 0.352 e. The highest BCUT2D eigenvalue weighted by Gasteiger charge is 2.28. The summed E-state index contributed by atoms with van der Waals surface area (Å²) in [7, 11) is 0. The van der Waals surface area contributed by atoms with Crippen molar-refractivity contribution in [1.82, 2.24) is 0 Å². The van der Waals surface area contributed by atoms with Crippen molar-refractivity contribution in [3.63, 3.8) is 0 Å². The van der Waals surface area contributed by atoms with E-state index in [0.717, 1.165) is 0 Å². The number of carbonyl (C=O) groups is 4. The van der Waals surface area contributed by atoms with E-state index in [2.05, 4.69) is 0 Å². The molecule has 2 aromatic rings. The zero-order valence-corrected chi connectivity index (χ0v) is 16.9. The van der Waals surface area contributed by atoms with E-state index < -0.39 is 48.6 Å². The van der Waals surface area contributed by atoms with Gasteiger partial charge in [-0.25, -0.2) is 14.4 Å². The molecule has 0 aliphatic heterocycles. The number of para-hydroxylation sites is 2. The molecule has 2 aromatic carbocycles. The average molecular weight is 430 g/mol. The number of aliphatic hydroxyl groups is 1. The van der Waals surface area contributed by atoms with E-state index in [1.807, 2.05) is 0 Å². The van der Waals surface area contributed by atoms with Crippen molar-refractivity contribution in [2.45, 2.75) is 38.6 Å². The molecule has 0 aromatic heterocycles. The minimum absolute atomic E-state index is 0.260. The van der Waals surface area contributed by atoms with Crippen molar-refractivity contribution < 1.29 is 43.2 Å². The van der Waals surface area contributed by atoms with Gasteiger partial charge in [-0.3, -0.25) is 4.79 Å². The summed E-state index contributed by atoms with van der Waals surface area (Å²) in [6.45, 7) is 2.55. The summed E-state index contributed by atoms with van der Waals surface area (Å²) >= 11 is 0. The maximum atomic E-state index is 11.9. The molecular weight excluding hydrogens is 408 g/mol. The lowest BCUT2D eigenvalue weighted by molar-refractivity contribution is -0.172. The van der Waals surface area contributed by atoms with E-state index in [1.165, 1.54) is 13.8 Å². The van der Waals surface area contributed by atoms with E-state index in [-0.39, 0.29) is 11.5 Å². The third-order valence-electron chi connectivity index (χ3n) is 3.82. The summed E-state index contributed by atoms with van der Waals surface area (Å²) in [6, 6.07) is 16.3. The first-order chi connectivity index (χ1) is 14.8. The van der Waals surface area contributed by atoms with Crippen molar-refractivity contribution in [1.29, 1.82) is 0 Å². The van der Waals surface area contributed by atoms with E-state index >= 15 is 0 Å². The van der Waals surface area contributed by atoms with E-state index in [1.54, 1.807) is 60.7 Å². The molecule has 0 spiro atoms. The fraction of sp³-hybridized carbons (Fsp3) is 0.273. The number of esters is 4. The Kier molecular flexibility index (Phi) is 8.71. The van der Waals surface area contributed by atoms with Crippen molar-refractivity contribution in [3.05, 3.63) is 60.7 Å². The molecule has 0 heterocycles. The molecule has 164 valence electrons. The first kappa shape index (κ1) is 23.6.